The summed E-state index contributed by atoms with van der Waals surface area (Å²) in [4.78, 5) is 29.6. The van der Waals surface area contributed by atoms with Gasteiger partial charge in [-0.2, -0.15) is 0 Å². The van der Waals surface area contributed by atoms with Gasteiger partial charge in [-0.1, -0.05) is 41.0 Å². The van der Waals surface area contributed by atoms with Crippen molar-refractivity contribution in [3.63, 3.8) is 0 Å². The zero-order chi connectivity index (χ0) is 22.2. The fourth-order valence-corrected chi connectivity index (χ4v) is 5.23. The molecule has 1 saturated heterocycles. The third-order valence-corrected chi connectivity index (χ3v) is 7.50. The van der Waals surface area contributed by atoms with Gasteiger partial charge in [0.1, 0.15) is 5.69 Å². The molecule has 176 valence electrons. The highest BCUT2D eigenvalue weighted by atomic mass is 35.5. The van der Waals surface area contributed by atoms with E-state index in [2.05, 4.69) is 15.2 Å². The Kier molecular flexibility index (Phi) is 11.5. The maximum absolute atomic E-state index is 12.1. The van der Waals surface area contributed by atoms with E-state index in [1.165, 1.54) is 23.1 Å². The third-order valence-electron chi connectivity index (χ3n) is 4.65. The molecule has 32 heavy (non-hydrogen) atoms. The minimum atomic E-state index is -0.525. The maximum Gasteiger partial charge on any atom is 0.268 e. The number of hydrogen-bond acceptors (Lipinski definition) is 7. The fraction of sp³-hybridized carbons (Fsp3) is 0.450. The van der Waals surface area contributed by atoms with Crippen LogP contribution < -0.4 is 11.1 Å². The van der Waals surface area contributed by atoms with E-state index in [4.69, 9.17) is 33.7 Å². The summed E-state index contributed by atoms with van der Waals surface area (Å²) in [7, 11) is 0. The first-order chi connectivity index (χ1) is 14.9. The van der Waals surface area contributed by atoms with Gasteiger partial charge in [-0.25, -0.2) is 4.98 Å². The van der Waals surface area contributed by atoms with Crippen LogP contribution in [0.15, 0.2) is 27.9 Å². The summed E-state index contributed by atoms with van der Waals surface area (Å²) in [6.45, 7) is 3.44. The Hall–Kier alpha value is -1.07. The van der Waals surface area contributed by atoms with Crippen molar-refractivity contribution in [3.05, 3.63) is 44.9 Å². The van der Waals surface area contributed by atoms with Gasteiger partial charge in [0.15, 0.2) is 4.34 Å². The molecule has 7 nitrogen and oxygen atoms in total. The van der Waals surface area contributed by atoms with Crippen LogP contribution in [-0.2, 0) is 16.1 Å². The van der Waals surface area contributed by atoms with Crippen LogP contribution in [0, 0.1) is 0 Å². The van der Waals surface area contributed by atoms with Gasteiger partial charge in [-0.05, 0) is 24.1 Å². The van der Waals surface area contributed by atoms with Gasteiger partial charge in [0.2, 0.25) is 5.91 Å². The topological polar surface area (TPSA) is 97.5 Å². The number of morpholine rings is 1. The first kappa shape index (κ1) is 27.2. The lowest BCUT2D eigenvalue weighted by Crippen LogP contribution is -2.47. The van der Waals surface area contributed by atoms with Crippen molar-refractivity contribution in [1.29, 1.82) is 0 Å². The summed E-state index contributed by atoms with van der Waals surface area (Å²) in [6.07, 6.45) is 1.11. The molecule has 2 heterocycles. The molecular weight excluding hydrogens is 515 g/mol. The summed E-state index contributed by atoms with van der Waals surface area (Å²) < 4.78 is 6.58. The highest BCUT2D eigenvalue weighted by Gasteiger charge is 2.21. The molecule has 1 aromatic heterocycles. The average Bonchev–Trinajstić information content (AvgIpc) is 3.22. The summed E-state index contributed by atoms with van der Waals surface area (Å²) in [6, 6.07) is 5.66. The molecule has 0 radical (unpaired) electrons. The SMILES string of the molecule is Cl.NC(=O)c1csc(SCCCC(=O)NC[C@H]2CN(Cc3ccc(Cl)c(Cl)c3)CCO2)n1. The third kappa shape index (κ3) is 8.70. The van der Waals surface area contributed by atoms with Gasteiger partial charge in [0.05, 0.1) is 22.8 Å². The smallest absolute Gasteiger partial charge is 0.268 e. The Morgan fingerprint density at radius 1 is 1.34 bits per heavy atom. The predicted molar refractivity (Wildman–Crippen MR) is 132 cm³/mol. The number of rotatable bonds is 10. The Morgan fingerprint density at radius 2 is 2.16 bits per heavy atom. The molecule has 12 heteroatoms. The Morgan fingerprint density at radius 3 is 2.88 bits per heavy atom. The Labute approximate surface area is 211 Å². The van der Waals surface area contributed by atoms with Crippen molar-refractivity contribution >= 4 is 70.5 Å². The van der Waals surface area contributed by atoms with Crippen molar-refractivity contribution < 1.29 is 14.3 Å². The molecule has 2 amide bonds. The van der Waals surface area contributed by atoms with Gasteiger partial charge in [-0.15, -0.1) is 23.7 Å². The molecule has 1 aliphatic rings. The summed E-state index contributed by atoms with van der Waals surface area (Å²) in [5, 5.41) is 5.71. The number of hydrogen-bond donors (Lipinski definition) is 2. The quantitative estimate of drug-likeness (QED) is 0.351. The number of nitrogens with zero attached hydrogens (tertiary/aromatic N) is 2. The van der Waals surface area contributed by atoms with Crippen LogP contribution in [0.5, 0.6) is 0 Å². The zero-order valence-corrected chi connectivity index (χ0v) is 21.2. The van der Waals surface area contributed by atoms with Gasteiger partial charge < -0.3 is 15.8 Å². The van der Waals surface area contributed by atoms with E-state index >= 15 is 0 Å². The minimum absolute atomic E-state index is 0. The van der Waals surface area contributed by atoms with Gasteiger partial charge in [-0.3, -0.25) is 14.5 Å². The number of thioether (sulfide) groups is 1. The summed E-state index contributed by atoms with van der Waals surface area (Å²) in [5.41, 5.74) is 6.57. The van der Waals surface area contributed by atoms with E-state index < -0.39 is 5.91 Å². The summed E-state index contributed by atoms with van der Waals surface area (Å²) in [5.74, 6) is 0.224. The number of nitrogens with two attached hydrogens (primary N) is 1. The van der Waals surface area contributed by atoms with Crippen LogP contribution in [0.3, 0.4) is 0 Å². The van der Waals surface area contributed by atoms with Crippen LogP contribution in [0.2, 0.25) is 10.0 Å². The highest BCUT2D eigenvalue weighted by molar-refractivity contribution is 8.01. The van der Waals surface area contributed by atoms with Crippen LogP contribution in [0.25, 0.3) is 0 Å². The molecule has 0 aliphatic carbocycles. The predicted octanol–water partition coefficient (Wildman–Crippen LogP) is 3.86. The standard InChI is InChI=1S/C20H24Cl2N4O3S2.ClH/c21-15-4-3-13(8-16(15)22)10-26-5-6-29-14(11-26)9-24-18(27)2-1-7-30-20-25-17(12-31-20)19(23)28;/h3-4,8,12,14H,1-2,5-7,9-11H2,(H2,23,28)(H,24,27);1H/t14-;/m0./s1. The molecule has 3 N–H and O–H groups in total. The number of ether oxygens (including phenoxy) is 1. The van der Waals surface area contributed by atoms with E-state index in [0.717, 1.165) is 41.7 Å². The maximum atomic E-state index is 12.1. The van der Waals surface area contributed by atoms with E-state index in [1.807, 2.05) is 12.1 Å². The number of halogens is 3. The first-order valence-electron chi connectivity index (χ1n) is 9.83. The molecule has 1 aliphatic heterocycles. The van der Waals surface area contributed by atoms with Crippen LogP contribution >= 0.6 is 58.7 Å². The number of benzene rings is 1. The number of carbonyl (C=O) groups excluding carboxylic acids is 2. The number of amides is 2. The largest absolute Gasteiger partial charge is 0.374 e. The first-order valence-corrected chi connectivity index (χ1v) is 12.5. The van der Waals surface area contributed by atoms with Crippen molar-refractivity contribution in [2.45, 2.75) is 29.8 Å². The number of thiazole rings is 1. The van der Waals surface area contributed by atoms with Crippen molar-refractivity contribution in [3.8, 4) is 0 Å². The lowest BCUT2D eigenvalue weighted by Gasteiger charge is -2.33. The summed E-state index contributed by atoms with van der Waals surface area (Å²) >= 11 is 15.0. The molecule has 1 aromatic carbocycles. The Bertz CT molecular complexity index is 916. The second-order valence-electron chi connectivity index (χ2n) is 7.10. The number of carbonyl (C=O) groups is 2. The van der Waals surface area contributed by atoms with Gasteiger partial charge in [0.25, 0.3) is 5.91 Å². The number of aromatic nitrogens is 1. The van der Waals surface area contributed by atoms with Crippen LogP contribution in [0.1, 0.15) is 28.9 Å². The second kappa shape index (κ2) is 13.6. The average molecular weight is 540 g/mol. The lowest BCUT2D eigenvalue weighted by atomic mass is 10.2. The molecule has 0 saturated carbocycles. The fourth-order valence-electron chi connectivity index (χ4n) is 3.09. The molecule has 2 aromatic rings. The monoisotopic (exact) mass is 538 g/mol. The molecular formula is C20H25Cl3N4O3S2. The lowest BCUT2D eigenvalue weighted by molar-refractivity contribution is -0.122. The Balaban J connectivity index is 0.00000363. The molecule has 3 rings (SSSR count). The molecule has 1 atom stereocenters. The molecule has 0 bridgehead atoms. The van der Waals surface area contributed by atoms with Crippen LogP contribution in [0.4, 0.5) is 0 Å². The minimum Gasteiger partial charge on any atom is -0.374 e. The molecule has 0 unspecified atom stereocenters. The van der Waals surface area contributed by atoms with E-state index in [-0.39, 0.29) is 30.1 Å². The normalized spacial score (nSPS) is 16.4. The van der Waals surface area contributed by atoms with Crippen molar-refractivity contribution in [2.24, 2.45) is 5.73 Å². The van der Waals surface area contributed by atoms with Crippen LogP contribution in [-0.4, -0.2) is 59.8 Å². The number of nitrogens with one attached hydrogen (secondary N) is 1. The second-order valence-corrected chi connectivity index (χ2v) is 10.1. The van der Waals surface area contributed by atoms with E-state index in [0.29, 0.717) is 29.6 Å². The van der Waals surface area contributed by atoms with Crippen molar-refractivity contribution in [2.75, 3.05) is 32.0 Å². The van der Waals surface area contributed by atoms with Gasteiger partial charge in [0, 0.05) is 43.7 Å². The van der Waals surface area contributed by atoms with Gasteiger partial charge >= 0.3 is 0 Å². The number of primary amides is 1. The van der Waals surface area contributed by atoms with E-state index in [1.54, 1.807) is 11.4 Å². The van der Waals surface area contributed by atoms with Crippen molar-refractivity contribution in [1.82, 2.24) is 15.2 Å². The molecule has 1 fully saturated rings. The molecule has 0 spiro atoms. The van der Waals surface area contributed by atoms with E-state index in [9.17, 15) is 9.59 Å². The zero-order valence-electron chi connectivity index (χ0n) is 17.2. The highest BCUT2D eigenvalue weighted by Crippen LogP contribution is 2.24.